The van der Waals surface area contributed by atoms with Crippen LogP contribution in [0.25, 0.3) is 0 Å². The van der Waals surface area contributed by atoms with Gasteiger partial charge in [0.05, 0.1) is 6.07 Å². The lowest BCUT2D eigenvalue weighted by Gasteiger charge is -2.07. The summed E-state index contributed by atoms with van der Waals surface area (Å²) in [6.07, 6.45) is 0.949. The minimum atomic E-state index is -0.394. The zero-order valence-electron chi connectivity index (χ0n) is 6.98. The van der Waals surface area contributed by atoms with Crippen molar-refractivity contribution in [1.82, 2.24) is 0 Å². The summed E-state index contributed by atoms with van der Waals surface area (Å²) in [5.41, 5.74) is 0.435. The van der Waals surface area contributed by atoms with E-state index in [4.69, 9.17) is 10.2 Å². The topological polar surface area (TPSA) is 67.4 Å². The maximum absolute atomic E-state index is 11.1. The van der Waals surface area contributed by atoms with Crippen LogP contribution in [0.5, 0.6) is 11.5 Å². The van der Waals surface area contributed by atoms with E-state index in [9.17, 15) is 5.21 Å². The van der Waals surface area contributed by atoms with Crippen molar-refractivity contribution in [2.75, 3.05) is 0 Å². The monoisotopic (exact) mass is 169 g/mol. The average Bonchev–Trinajstić information content (AvgIpc) is 1.96. The minimum Gasteiger partial charge on any atom is -0.618 e. The first kappa shape index (κ1) is 8.64. The molecule has 0 aliphatic heterocycles. The Bertz CT molecular complexity index is 297. The number of hydrogen-bond acceptors (Lipinski definition) is 3. The molecule has 1 rings (SSSR count). The molecule has 0 radical (unpaired) electrons. The quantitative estimate of drug-likeness (QED) is 0.484. The lowest BCUT2D eigenvalue weighted by Crippen LogP contribution is -2.31. The average molecular weight is 169 g/mol. The Labute approximate surface area is 70.3 Å². The molecule has 0 fully saturated rings. The molecule has 1 aromatic rings. The highest BCUT2D eigenvalue weighted by Crippen LogP contribution is 2.24. The van der Waals surface area contributed by atoms with Gasteiger partial charge in [0.1, 0.15) is 0 Å². The highest BCUT2D eigenvalue weighted by Gasteiger charge is 2.14. The fraction of sp³-hybridized carbons (Fsp3) is 0.375. The Hall–Kier alpha value is -1.45. The van der Waals surface area contributed by atoms with Crippen molar-refractivity contribution in [1.29, 1.82) is 0 Å². The van der Waals surface area contributed by atoms with Crippen LogP contribution in [-0.4, -0.2) is 10.2 Å². The van der Waals surface area contributed by atoms with E-state index in [-0.39, 0.29) is 11.7 Å². The summed E-state index contributed by atoms with van der Waals surface area (Å²) in [6, 6.07) is 1.27. The van der Waals surface area contributed by atoms with Gasteiger partial charge in [-0.25, -0.2) is 0 Å². The number of rotatable bonds is 1. The van der Waals surface area contributed by atoms with Crippen LogP contribution in [0.4, 0.5) is 0 Å². The molecule has 0 bridgehead atoms. The Kier molecular flexibility index (Phi) is 2.08. The smallest absolute Gasteiger partial charge is 0.226 e. The number of aromatic nitrogens is 1. The van der Waals surface area contributed by atoms with E-state index < -0.39 is 5.75 Å². The summed E-state index contributed by atoms with van der Waals surface area (Å²) in [7, 11) is 0. The van der Waals surface area contributed by atoms with Gasteiger partial charge in [-0.1, -0.05) is 13.8 Å². The number of pyridine rings is 1. The number of aromatic hydroxyl groups is 2. The molecule has 0 aliphatic carbocycles. The second-order valence-electron chi connectivity index (χ2n) is 2.95. The summed E-state index contributed by atoms with van der Waals surface area (Å²) in [5, 5.41) is 29.1. The van der Waals surface area contributed by atoms with E-state index in [0.717, 1.165) is 6.20 Å². The zero-order valence-corrected chi connectivity index (χ0v) is 6.98. The third-order valence-corrected chi connectivity index (χ3v) is 1.63. The van der Waals surface area contributed by atoms with E-state index in [0.29, 0.717) is 10.4 Å². The fourth-order valence-electron chi connectivity index (χ4n) is 0.951. The Morgan fingerprint density at radius 3 is 2.42 bits per heavy atom. The maximum Gasteiger partial charge on any atom is 0.226 e. The Balaban J connectivity index is 3.23. The second-order valence-corrected chi connectivity index (χ2v) is 2.95. The van der Waals surface area contributed by atoms with Gasteiger partial charge < -0.3 is 15.4 Å². The Morgan fingerprint density at radius 1 is 1.33 bits per heavy atom. The molecular formula is C8H11NO3. The van der Waals surface area contributed by atoms with Gasteiger partial charge in [-0.15, -0.1) is 0 Å². The first-order chi connectivity index (χ1) is 5.52. The molecule has 0 saturated heterocycles. The van der Waals surface area contributed by atoms with E-state index >= 15 is 0 Å². The molecule has 4 nitrogen and oxygen atoms in total. The first-order valence-corrected chi connectivity index (χ1v) is 3.67. The summed E-state index contributed by atoms with van der Waals surface area (Å²) >= 11 is 0. The molecule has 12 heavy (non-hydrogen) atoms. The lowest BCUT2D eigenvalue weighted by atomic mass is 10.1. The van der Waals surface area contributed by atoms with Crippen molar-refractivity contribution < 1.29 is 14.9 Å². The SMILES string of the molecule is CC(C)c1cc(O)c(O)c[n+]1[O-]. The molecule has 66 valence electrons. The summed E-state index contributed by atoms with van der Waals surface area (Å²) in [5.74, 6) is -0.630. The maximum atomic E-state index is 11.1. The highest BCUT2D eigenvalue weighted by molar-refractivity contribution is 5.34. The van der Waals surface area contributed by atoms with Gasteiger partial charge in [0.2, 0.25) is 11.9 Å². The van der Waals surface area contributed by atoms with Crippen LogP contribution in [0.3, 0.4) is 0 Å². The van der Waals surface area contributed by atoms with Crippen molar-refractivity contribution >= 4 is 0 Å². The first-order valence-electron chi connectivity index (χ1n) is 3.67. The molecule has 0 amide bonds. The van der Waals surface area contributed by atoms with Crippen LogP contribution in [0.15, 0.2) is 12.3 Å². The minimum absolute atomic E-state index is 0.0222. The van der Waals surface area contributed by atoms with Gasteiger partial charge in [0.25, 0.3) is 0 Å². The predicted octanol–water partition coefficient (Wildman–Crippen LogP) is 0.855. The van der Waals surface area contributed by atoms with Gasteiger partial charge >= 0.3 is 0 Å². The molecule has 4 heteroatoms. The van der Waals surface area contributed by atoms with E-state index in [1.54, 1.807) is 0 Å². The molecule has 0 spiro atoms. The molecule has 2 N–H and O–H groups in total. The fourth-order valence-corrected chi connectivity index (χ4v) is 0.951. The van der Waals surface area contributed by atoms with Crippen molar-refractivity contribution in [2.45, 2.75) is 19.8 Å². The molecule has 0 saturated carbocycles. The Morgan fingerprint density at radius 2 is 1.92 bits per heavy atom. The molecule has 0 aromatic carbocycles. The summed E-state index contributed by atoms with van der Waals surface area (Å²) in [4.78, 5) is 0. The molecular weight excluding hydrogens is 158 g/mol. The van der Waals surface area contributed by atoms with Gasteiger partial charge in [-0.2, -0.15) is 4.73 Å². The van der Waals surface area contributed by atoms with Crippen LogP contribution in [0.2, 0.25) is 0 Å². The van der Waals surface area contributed by atoms with Crippen LogP contribution >= 0.6 is 0 Å². The molecule has 0 aliphatic rings. The third kappa shape index (κ3) is 1.42. The van der Waals surface area contributed by atoms with Gasteiger partial charge in [0.15, 0.2) is 11.4 Å². The van der Waals surface area contributed by atoms with Crippen LogP contribution in [-0.2, 0) is 0 Å². The van der Waals surface area contributed by atoms with Gasteiger partial charge in [-0.3, -0.25) is 0 Å². The number of nitrogens with zero attached hydrogens (tertiary/aromatic N) is 1. The van der Waals surface area contributed by atoms with Crippen molar-refractivity contribution in [2.24, 2.45) is 0 Å². The van der Waals surface area contributed by atoms with Crippen LogP contribution in [0, 0.1) is 5.21 Å². The third-order valence-electron chi connectivity index (χ3n) is 1.63. The van der Waals surface area contributed by atoms with Crippen molar-refractivity contribution in [3.63, 3.8) is 0 Å². The zero-order chi connectivity index (χ0) is 9.30. The van der Waals surface area contributed by atoms with E-state index in [1.165, 1.54) is 6.07 Å². The molecule has 1 aromatic heterocycles. The number of hydrogen-bond donors (Lipinski definition) is 2. The van der Waals surface area contributed by atoms with Crippen LogP contribution < -0.4 is 4.73 Å². The molecule has 0 unspecified atom stereocenters. The summed E-state index contributed by atoms with van der Waals surface area (Å²) < 4.78 is 0.555. The van der Waals surface area contributed by atoms with Gasteiger partial charge in [0, 0.05) is 5.92 Å². The second kappa shape index (κ2) is 2.89. The van der Waals surface area contributed by atoms with E-state index in [1.807, 2.05) is 13.8 Å². The van der Waals surface area contributed by atoms with Crippen molar-refractivity contribution in [3.05, 3.63) is 23.2 Å². The predicted molar refractivity (Wildman–Crippen MR) is 42.8 cm³/mol. The van der Waals surface area contributed by atoms with Crippen LogP contribution in [0.1, 0.15) is 25.5 Å². The summed E-state index contributed by atoms with van der Waals surface area (Å²) in [6.45, 7) is 3.67. The van der Waals surface area contributed by atoms with Gasteiger partial charge in [-0.05, 0) is 0 Å². The standard InChI is InChI=1S/C8H11NO3/c1-5(2)6-3-7(10)8(11)4-9(6)12/h3-5,10-11H,1-2H3. The molecule has 1 heterocycles. The lowest BCUT2D eigenvalue weighted by molar-refractivity contribution is -0.615. The van der Waals surface area contributed by atoms with E-state index in [2.05, 4.69) is 0 Å². The highest BCUT2D eigenvalue weighted by atomic mass is 16.5. The van der Waals surface area contributed by atoms with Crippen molar-refractivity contribution in [3.8, 4) is 11.5 Å². The largest absolute Gasteiger partial charge is 0.618 e. The molecule has 0 atom stereocenters. The normalized spacial score (nSPS) is 10.6.